The molecule has 0 bridgehead atoms. The number of nitrogens with zero attached hydrogens (tertiary/aromatic N) is 3. The van der Waals surface area contributed by atoms with Crippen molar-refractivity contribution >= 4 is 23.2 Å². The average molecular weight is 406 g/mol. The summed E-state index contributed by atoms with van der Waals surface area (Å²) in [7, 11) is 1.79. The molecular formula is C21H35N5OS. The molecule has 156 valence electrons. The fourth-order valence-electron chi connectivity index (χ4n) is 3.97. The summed E-state index contributed by atoms with van der Waals surface area (Å²) in [6, 6.07) is 0.264. The fraction of sp³-hybridized carbons (Fsp3) is 0.762. The van der Waals surface area contributed by atoms with Crippen molar-refractivity contribution < 1.29 is 4.79 Å². The number of rotatable bonds is 4. The van der Waals surface area contributed by atoms with Crippen molar-refractivity contribution in [3.63, 3.8) is 0 Å². The zero-order valence-electron chi connectivity index (χ0n) is 17.8. The van der Waals surface area contributed by atoms with Crippen molar-refractivity contribution in [1.82, 2.24) is 20.5 Å². The van der Waals surface area contributed by atoms with Crippen LogP contribution in [0.1, 0.15) is 70.0 Å². The van der Waals surface area contributed by atoms with E-state index >= 15 is 0 Å². The first-order chi connectivity index (χ1) is 13.4. The lowest BCUT2D eigenvalue weighted by molar-refractivity contribution is -0.135. The van der Waals surface area contributed by atoms with Gasteiger partial charge in [-0.1, -0.05) is 40.0 Å². The highest BCUT2D eigenvalue weighted by molar-refractivity contribution is 7.09. The summed E-state index contributed by atoms with van der Waals surface area (Å²) >= 11 is 1.68. The zero-order valence-corrected chi connectivity index (χ0v) is 18.6. The van der Waals surface area contributed by atoms with Crippen LogP contribution in [0.15, 0.2) is 10.4 Å². The molecule has 2 N–H and O–H groups in total. The normalized spacial score (nSPS) is 21.8. The molecule has 1 saturated heterocycles. The Morgan fingerprint density at radius 1 is 1.29 bits per heavy atom. The molecule has 0 aromatic carbocycles. The predicted molar refractivity (Wildman–Crippen MR) is 116 cm³/mol. The van der Waals surface area contributed by atoms with Crippen molar-refractivity contribution in [2.45, 2.75) is 77.3 Å². The lowest BCUT2D eigenvalue weighted by atomic mass is 9.88. The molecule has 0 spiro atoms. The molecule has 1 atom stereocenters. The molecule has 1 saturated carbocycles. The fourth-order valence-corrected chi connectivity index (χ4v) is 4.93. The molecule has 0 radical (unpaired) electrons. The third-order valence-electron chi connectivity index (χ3n) is 5.75. The molecule has 1 aliphatic carbocycles. The number of likely N-dealkylation sites (tertiary alicyclic amines) is 1. The van der Waals surface area contributed by atoms with Gasteiger partial charge in [-0.05, 0) is 19.3 Å². The monoisotopic (exact) mass is 405 g/mol. The van der Waals surface area contributed by atoms with E-state index in [1.807, 2.05) is 0 Å². The number of guanidine groups is 1. The van der Waals surface area contributed by atoms with E-state index in [-0.39, 0.29) is 17.4 Å². The molecular weight excluding hydrogens is 370 g/mol. The van der Waals surface area contributed by atoms with Gasteiger partial charge >= 0.3 is 0 Å². The van der Waals surface area contributed by atoms with Crippen LogP contribution < -0.4 is 10.6 Å². The highest BCUT2D eigenvalue weighted by Gasteiger charge is 2.31. The maximum absolute atomic E-state index is 12.7. The van der Waals surface area contributed by atoms with E-state index < -0.39 is 0 Å². The van der Waals surface area contributed by atoms with E-state index in [1.165, 1.54) is 19.3 Å². The van der Waals surface area contributed by atoms with Crippen molar-refractivity contribution in [3.05, 3.63) is 16.1 Å². The van der Waals surface area contributed by atoms with Gasteiger partial charge in [-0.15, -0.1) is 11.3 Å². The van der Waals surface area contributed by atoms with Gasteiger partial charge in [-0.25, -0.2) is 4.98 Å². The maximum atomic E-state index is 12.7. The average Bonchev–Trinajstić information content (AvgIpc) is 3.34. The smallest absolute Gasteiger partial charge is 0.225 e. The second-order valence-electron chi connectivity index (χ2n) is 9.05. The number of amides is 1. The molecule has 1 aliphatic heterocycles. The summed E-state index contributed by atoms with van der Waals surface area (Å²) in [4.78, 5) is 23.9. The summed E-state index contributed by atoms with van der Waals surface area (Å²) in [6.45, 7) is 8.84. The number of carbonyl (C=O) groups excluding carboxylic acids is 1. The van der Waals surface area contributed by atoms with Crippen molar-refractivity contribution in [2.75, 3.05) is 20.1 Å². The van der Waals surface area contributed by atoms with Gasteiger partial charge in [0.2, 0.25) is 5.91 Å². The summed E-state index contributed by atoms with van der Waals surface area (Å²) in [5.74, 6) is 1.40. The van der Waals surface area contributed by atoms with Crippen LogP contribution in [0.25, 0.3) is 0 Å². The summed E-state index contributed by atoms with van der Waals surface area (Å²) in [6.07, 6.45) is 6.81. The second-order valence-corrected chi connectivity index (χ2v) is 9.99. The number of thiazole rings is 1. The van der Waals surface area contributed by atoms with E-state index in [4.69, 9.17) is 4.98 Å². The third kappa shape index (κ3) is 5.46. The van der Waals surface area contributed by atoms with E-state index in [9.17, 15) is 4.79 Å². The summed E-state index contributed by atoms with van der Waals surface area (Å²) < 4.78 is 0. The number of aromatic nitrogens is 1. The molecule has 2 fully saturated rings. The molecule has 1 aromatic heterocycles. The minimum absolute atomic E-state index is 0.0762. The van der Waals surface area contributed by atoms with Gasteiger partial charge in [0.1, 0.15) is 5.01 Å². The molecule has 2 aliphatic rings. The summed E-state index contributed by atoms with van der Waals surface area (Å²) in [5, 5.41) is 10.1. The van der Waals surface area contributed by atoms with E-state index in [1.54, 1.807) is 18.4 Å². The van der Waals surface area contributed by atoms with Gasteiger partial charge in [0, 0.05) is 42.9 Å². The predicted octanol–water partition coefficient (Wildman–Crippen LogP) is 3.29. The van der Waals surface area contributed by atoms with Crippen molar-refractivity contribution in [3.8, 4) is 0 Å². The number of hydrogen-bond donors (Lipinski definition) is 2. The Bertz CT molecular complexity index is 687. The van der Waals surface area contributed by atoms with Gasteiger partial charge in [0.15, 0.2) is 5.96 Å². The molecule has 2 heterocycles. The Morgan fingerprint density at radius 3 is 2.68 bits per heavy atom. The molecule has 1 amide bonds. The first-order valence-electron chi connectivity index (χ1n) is 10.6. The second kappa shape index (κ2) is 9.25. The lowest BCUT2D eigenvalue weighted by Gasteiger charge is -2.26. The Balaban J connectivity index is 1.46. The summed E-state index contributed by atoms with van der Waals surface area (Å²) in [5.41, 5.74) is 1.21. The van der Waals surface area contributed by atoms with Gasteiger partial charge in [0.25, 0.3) is 0 Å². The highest BCUT2D eigenvalue weighted by Crippen LogP contribution is 2.27. The van der Waals surface area contributed by atoms with Crippen LogP contribution in [-0.2, 0) is 16.8 Å². The Labute approximate surface area is 173 Å². The molecule has 7 heteroatoms. The van der Waals surface area contributed by atoms with Crippen LogP contribution in [0.5, 0.6) is 0 Å². The number of aliphatic imine (C=N–C) groups is 1. The third-order valence-corrected chi connectivity index (χ3v) is 6.59. The largest absolute Gasteiger partial charge is 0.352 e. The number of carbonyl (C=O) groups is 1. The first-order valence-corrected chi connectivity index (χ1v) is 11.5. The lowest BCUT2D eigenvalue weighted by Crippen LogP contribution is -2.45. The van der Waals surface area contributed by atoms with E-state index in [2.05, 4.69) is 46.7 Å². The number of hydrogen-bond acceptors (Lipinski definition) is 4. The Hall–Kier alpha value is -1.63. The van der Waals surface area contributed by atoms with Crippen LogP contribution in [-0.4, -0.2) is 47.9 Å². The van der Waals surface area contributed by atoms with Crippen LogP contribution in [0.3, 0.4) is 0 Å². The topological polar surface area (TPSA) is 69.6 Å². The van der Waals surface area contributed by atoms with Crippen LogP contribution in [0, 0.1) is 5.92 Å². The molecule has 28 heavy (non-hydrogen) atoms. The van der Waals surface area contributed by atoms with Crippen molar-refractivity contribution in [2.24, 2.45) is 10.9 Å². The zero-order chi connectivity index (χ0) is 20.1. The van der Waals surface area contributed by atoms with Crippen LogP contribution in [0.4, 0.5) is 0 Å². The quantitative estimate of drug-likeness (QED) is 0.596. The maximum Gasteiger partial charge on any atom is 0.225 e. The van der Waals surface area contributed by atoms with Gasteiger partial charge in [0.05, 0.1) is 12.2 Å². The van der Waals surface area contributed by atoms with Crippen molar-refractivity contribution in [1.29, 1.82) is 0 Å². The molecule has 1 aromatic rings. The first kappa shape index (κ1) is 21.1. The van der Waals surface area contributed by atoms with Crippen LogP contribution >= 0.6 is 11.3 Å². The van der Waals surface area contributed by atoms with Gasteiger partial charge in [-0.2, -0.15) is 0 Å². The Morgan fingerprint density at radius 2 is 2.04 bits per heavy atom. The molecule has 6 nitrogen and oxygen atoms in total. The van der Waals surface area contributed by atoms with E-state index in [0.717, 1.165) is 49.0 Å². The number of nitrogens with one attached hydrogen (secondary N) is 2. The van der Waals surface area contributed by atoms with E-state index in [0.29, 0.717) is 12.5 Å². The minimum atomic E-state index is 0.0762. The highest BCUT2D eigenvalue weighted by atomic mass is 32.1. The van der Waals surface area contributed by atoms with Gasteiger partial charge < -0.3 is 15.5 Å². The SMILES string of the molecule is CN=C(NCc1nc(C(C)(C)C)cs1)NC1CCN(C(=O)C2CCCCC2)C1. The molecule has 3 rings (SSSR count). The Kier molecular flexibility index (Phi) is 6.96. The molecule has 1 unspecified atom stereocenters. The van der Waals surface area contributed by atoms with Gasteiger partial charge in [-0.3, -0.25) is 9.79 Å². The minimum Gasteiger partial charge on any atom is -0.352 e. The van der Waals surface area contributed by atoms with Crippen LogP contribution in [0.2, 0.25) is 0 Å². The standard InChI is InChI=1S/C21H35N5OS/c1-21(2,3)17-14-28-18(25-17)12-23-20(22-4)24-16-10-11-26(13-16)19(27)15-8-6-5-7-9-15/h14-16H,5-13H2,1-4H3,(H2,22,23,24).